The van der Waals surface area contributed by atoms with Crippen molar-refractivity contribution in [2.24, 2.45) is 5.92 Å². The summed E-state index contributed by atoms with van der Waals surface area (Å²) < 4.78 is 19.2. The molecule has 0 spiro atoms. The molecule has 112 valence electrons. The standard InChI is InChI=1S/C17H17Cl2FO/c1-21-15-6-2-4-12(10-15)8-13(11-18)9-14-5-3-7-16(19)17(14)20/h2-7,10,13H,8-9,11H2,1H3. The van der Waals surface area contributed by atoms with Crippen LogP contribution in [0.4, 0.5) is 4.39 Å². The maximum Gasteiger partial charge on any atom is 0.144 e. The van der Waals surface area contributed by atoms with E-state index >= 15 is 0 Å². The van der Waals surface area contributed by atoms with Gasteiger partial charge in [-0.1, -0.05) is 35.9 Å². The van der Waals surface area contributed by atoms with E-state index in [-0.39, 0.29) is 16.8 Å². The molecule has 0 saturated carbocycles. The molecular weight excluding hydrogens is 310 g/mol. The summed E-state index contributed by atoms with van der Waals surface area (Å²) in [5.74, 6) is 1.07. The second-order valence-electron chi connectivity index (χ2n) is 4.99. The van der Waals surface area contributed by atoms with Crippen molar-refractivity contribution in [2.75, 3.05) is 13.0 Å². The largest absolute Gasteiger partial charge is 0.497 e. The Morgan fingerprint density at radius 1 is 1.14 bits per heavy atom. The van der Waals surface area contributed by atoms with Gasteiger partial charge in [-0.15, -0.1) is 11.6 Å². The highest BCUT2D eigenvalue weighted by molar-refractivity contribution is 6.30. The topological polar surface area (TPSA) is 9.23 Å². The van der Waals surface area contributed by atoms with Crippen LogP contribution in [0, 0.1) is 11.7 Å². The maximum absolute atomic E-state index is 14.0. The summed E-state index contributed by atoms with van der Waals surface area (Å²) in [5, 5.41) is 0.155. The molecule has 0 fully saturated rings. The summed E-state index contributed by atoms with van der Waals surface area (Å²) >= 11 is 11.9. The van der Waals surface area contributed by atoms with Gasteiger partial charge >= 0.3 is 0 Å². The molecule has 0 bridgehead atoms. The van der Waals surface area contributed by atoms with Crippen LogP contribution in [0.25, 0.3) is 0 Å². The summed E-state index contributed by atoms with van der Waals surface area (Å²) in [6, 6.07) is 12.9. The van der Waals surface area contributed by atoms with E-state index in [9.17, 15) is 4.39 Å². The molecule has 2 aromatic rings. The normalized spacial score (nSPS) is 12.2. The van der Waals surface area contributed by atoms with Crippen molar-refractivity contribution >= 4 is 23.2 Å². The number of hydrogen-bond donors (Lipinski definition) is 0. The number of ether oxygens (including phenoxy) is 1. The molecule has 0 saturated heterocycles. The Morgan fingerprint density at radius 3 is 2.62 bits per heavy atom. The molecule has 0 aliphatic rings. The Kier molecular flexibility index (Phi) is 5.89. The van der Waals surface area contributed by atoms with Crippen LogP contribution in [0.3, 0.4) is 0 Å². The highest BCUT2D eigenvalue weighted by Gasteiger charge is 2.14. The fraction of sp³-hybridized carbons (Fsp3) is 0.294. The van der Waals surface area contributed by atoms with Gasteiger partial charge in [0.25, 0.3) is 0 Å². The van der Waals surface area contributed by atoms with Crippen molar-refractivity contribution < 1.29 is 9.13 Å². The van der Waals surface area contributed by atoms with E-state index in [1.165, 1.54) is 0 Å². The van der Waals surface area contributed by atoms with E-state index in [2.05, 4.69) is 0 Å². The molecule has 0 aromatic heterocycles. The van der Waals surface area contributed by atoms with Gasteiger partial charge < -0.3 is 4.74 Å². The van der Waals surface area contributed by atoms with E-state index in [0.29, 0.717) is 17.9 Å². The molecule has 2 aromatic carbocycles. The van der Waals surface area contributed by atoms with Crippen molar-refractivity contribution in [1.29, 1.82) is 0 Å². The number of benzene rings is 2. The molecule has 1 unspecified atom stereocenters. The van der Waals surface area contributed by atoms with Crippen LogP contribution in [-0.4, -0.2) is 13.0 Å². The molecule has 0 heterocycles. The third kappa shape index (κ3) is 4.36. The van der Waals surface area contributed by atoms with E-state index in [0.717, 1.165) is 17.7 Å². The lowest BCUT2D eigenvalue weighted by atomic mass is 9.94. The molecule has 1 atom stereocenters. The van der Waals surface area contributed by atoms with Gasteiger partial charge in [0.2, 0.25) is 0 Å². The Morgan fingerprint density at radius 2 is 1.90 bits per heavy atom. The van der Waals surface area contributed by atoms with Crippen LogP contribution in [0.1, 0.15) is 11.1 Å². The molecule has 21 heavy (non-hydrogen) atoms. The average molecular weight is 327 g/mol. The SMILES string of the molecule is COc1cccc(CC(CCl)Cc2cccc(Cl)c2F)c1. The Hall–Kier alpha value is -1.25. The zero-order chi connectivity index (χ0) is 15.2. The van der Waals surface area contributed by atoms with Crippen LogP contribution in [-0.2, 0) is 12.8 Å². The highest BCUT2D eigenvalue weighted by Crippen LogP contribution is 2.24. The summed E-state index contributed by atoms with van der Waals surface area (Å²) in [6.45, 7) is 0. The van der Waals surface area contributed by atoms with E-state index in [1.54, 1.807) is 25.3 Å². The summed E-state index contributed by atoms with van der Waals surface area (Å²) in [4.78, 5) is 0. The molecule has 0 N–H and O–H groups in total. The predicted molar refractivity (Wildman–Crippen MR) is 86.0 cm³/mol. The molecule has 2 rings (SSSR count). The number of hydrogen-bond acceptors (Lipinski definition) is 1. The van der Waals surface area contributed by atoms with E-state index in [1.807, 2.05) is 24.3 Å². The smallest absolute Gasteiger partial charge is 0.144 e. The minimum Gasteiger partial charge on any atom is -0.497 e. The lowest BCUT2D eigenvalue weighted by Gasteiger charge is -2.15. The van der Waals surface area contributed by atoms with Gasteiger partial charge in [0.05, 0.1) is 12.1 Å². The molecule has 4 heteroatoms. The minimum atomic E-state index is -0.347. The lowest BCUT2D eigenvalue weighted by Crippen LogP contribution is -2.11. The molecule has 1 nitrogen and oxygen atoms in total. The predicted octanol–water partition coefficient (Wildman–Crippen LogP) is 5.13. The van der Waals surface area contributed by atoms with Gasteiger partial charge in [0.1, 0.15) is 11.6 Å². The molecule has 0 amide bonds. The highest BCUT2D eigenvalue weighted by atomic mass is 35.5. The third-order valence-electron chi connectivity index (χ3n) is 3.42. The first-order valence-electron chi connectivity index (χ1n) is 6.75. The fourth-order valence-electron chi connectivity index (χ4n) is 2.33. The van der Waals surface area contributed by atoms with Gasteiger partial charge in [0, 0.05) is 5.88 Å². The number of methoxy groups -OCH3 is 1. The summed E-state index contributed by atoms with van der Waals surface area (Å²) in [5.41, 5.74) is 1.73. The van der Waals surface area contributed by atoms with Crippen molar-refractivity contribution in [2.45, 2.75) is 12.8 Å². The molecule has 0 aliphatic carbocycles. The average Bonchev–Trinajstić information content (AvgIpc) is 2.51. The van der Waals surface area contributed by atoms with Crippen molar-refractivity contribution in [3.63, 3.8) is 0 Å². The monoisotopic (exact) mass is 326 g/mol. The lowest BCUT2D eigenvalue weighted by molar-refractivity contribution is 0.413. The Labute approximate surface area is 134 Å². The zero-order valence-electron chi connectivity index (χ0n) is 11.8. The molecule has 0 aliphatic heterocycles. The second kappa shape index (κ2) is 7.67. The van der Waals surface area contributed by atoms with Crippen molar-refractivity contribution in [3.05, 3.63) is 64.4 Å². The van der Waals surface area contributed by atoms with E-state index < -0.39 is 0 Å². The van der Waals surface area contributed by atoms with E-state index in [4.69, 9.17) is 27.9 Å². The van der Waals surface area contributed by atoms with Crippen LogP contribution in [0.5, 0.6) is 5.75 Å². The quantitative estimate of drug-likeness (QED) is 0.669. The van der Waals surface area contributed by atoms with Gasteiger partial charge in [-0.05, 0) is 48.1 Å². The number of halogens is 3. The fourth-order valence-corrected chi connectivity index (χ4v) is 2.74. The molecular formula is C17H17Cl2FO. The zero-order valence-corrected chi connectivity index (χ0v) is 13.3. The minimum absolute atomic E-state index is 0.145. The van der Waals surface area contributed by atoms with Crippen molar-refractivity contribution in [1.82, 2.24) is 0 Å². The van der Waals surface area contributed by atoms with Gasteiger partial charge in [0.15, 0.2) is 0 Å². The second-order valence-corrected chi connectivity index (χ2v) is 5.71. The first kappa shape index (κ1) is 16.1. The third-order valence-corrected chi connectivity index (χ3v) is 4.15. The first-order chi connectivity index (χ1) is 10.1. The first-order valence-corrected chi connectivity index (χ1v) is 7.67. The van der Waals surface area contributed by atoms with Gasteiger partial charge in [-0.3, -0.25) is 0 Å². The Bertz CT molecular complexity index is 601. The Balaban J connectivity index is 2.11. The summed E-state index contributed by atoms with van der Waals surface area (Å²) in [6.07, 6.45) is 1.33. The van der Waals surface area contributed by atoms with Crippen LogP contribution >= 0.6 is 23.2 Å². The van der Waals surface area contributed by atoms with Crippen molar-refractivity contribution in [3.8, 4) is 5.75 Å². The maximum atomic E-state index is 14.0. The molecule has 0 radical (unpaired) electrons. The van der Waals surface area contributed by atoms with Gasteiger partial charge in [-0.2, -0.15) is 0 Å². The number of alkyl halides is 1. The summed E-state index contributed by atoms with van der Waals surface area (Å²) in [7, 11) is 1.64. The van der Waals surface area contributed by atoms with Gasteiger partial charge in [-0.25, -0.2) is 4.39 Å². The van der Waals surface area contributed by atoms with Crippen LogP contribution in [0.2, 0.25) is 5.02 Å². The number of rotatable bonds is 6. The van der Waals surface area contributed by atoms with Crippen LogP contribution in [0.15, 0.2) is 42.5 Å². The van der Waals surface area contributed by atoms with Crippen LogP contribution < -0.4 is 4.74 Å².